The van der Waals surface area contributed by atoms with E-state index in [1.807, 2.05) is 0 Å². The van der Waals surface area contributed by atoms with Gasteiger partial charge in [0.15, 0.2) is 11.4 Å². The van der Waals surface area contributed by atoms with Crippen molar-refractivity contribution >= 4 is 32.7 Å². The van der Waals surface area contributed by atoms with E-state index >= 15 is 0 Å². The van der Waals surface area contributed by atoms with E-state index in [1.54, 1.807) is 46.1 Å². The number of para-hydroxylation sites is 1. The molecule has 5 rings (SSSR count). The van der Waals surface area contributed by atoms with Gasteiger partial charge in [0.05, 0.1) is 51.8 Å². The number of sulfonamides is 1. The topological polar surface area (TPSA) is 164 Å². The van der Waals surface area contributed by atoms with E-state index in [2.05, 4.69) is 20.9 Å². The van der Waals surface area contributed by atoms with E-state index in [-0.39, 0.29) is 35.6 Å². The number of carbonyl (C=O) groups excluding carboxylic acids is 1. The summed E-state index contributed by atoms with van der Waals surface area (Å²) in [4.78, 5) is 13.4. The van der Waals surface area contributed by atoms with E-state index in [4.69, 9.17) is 30.9 Å². The Morgan fingerprint density at radius 2 is 2.02 bits per heavy atom. The fourth-order valence-electron chi connectivity index (χ4n) is 4.53. The molecule has 0 radical (unpaired) electrons. The van der Waals surface area contributed by atoms with Gasteiger partial charge in [0, 0.05) is 12.1 Å². The van der Waals surface area contributed by atoms with Gasteiger partial charge in [-0.05, 0) is 35.7 Å². The molecule has 2 aromatic heterocycles. The minimum atomic E-state index is -4.12. The quantitative estimate of drug-likeness (QED) is 0.186. The second kappa shape index (κ2) is 11.9. The number of nitrogens with one attached hydrogen (secondary N) is 1. The highest BCUT2D eigenvalue weighted by molar-refractivity contribution is 7.92. The molecule has 0 unspecified atom stereocenters. The Kier molecular flexibility index (Phi) is 8.11. The SMILES string of the molecule is C#CC(=O)N1Cc2cnn(Cc3cc(OC)c4c(NS(=O)(=O)c5ccccc5OCCOCCN)noc4c3)c2C1. The van der Waals surface area contributed by atoms with Crippen molar-refractivity contribution in [2.75, 3.05) is 38.2 Å². The number of hydrogen-bond acceptors (Lipinski definition) is 10. The average Bonchev–Trinajstić information content (AvgIpc) is 3.68. The van der Waals surface area contributed by atoms with Crippen LogP contribution in [-0.2, 0) is 39.2 Å². The molecule has 13 nitrogen and oxygen atoms in total. The van der Waals surface area contributed by atoms with E-state index in [0.29, 0.717) is 49.5 Å². The standard InChI is InChI=1S/C27H28N6O7S/c1-3-25(34)32-16-19-14-29-33(20(19)17-32)15-18-12-22(37-2)26-23(13-18)40-30-27(26)31-41(35,36)24-7-5-4-6-21(24)39-11-10-38-9-8-28/h1,4-7,12-14H,8-11,15-17,28H2,2H3,(H,30,31). The zero-order valence-corrected chi connectivity index (χ0v) is 23.0. The van der Waals surface area contributed by atoms with Gasteiger partial charge in [-0.1, -0.05) is 17.3 Å². The fraction of sp³-hybridized carbons (Fsp3) is 0.296. The number of nitrogens with two attached hydrogens (primary N) is 1. The molecule has 3 heterocycles. The average molecular weight is 581 g/mol. The molecule has 0 fully saturated rings. The summed E-state index contributed by atoms with van der Waals surface area (Å²) in [7, 11) is -2.66. The molecule has 2 aromatic carbocycles. The van der Waals surface area contributed by atoms with Gasteiger partial charge in [-0.15, -0.1) is 6.42 Å². The molecule has 0 spiro atoms. The highest BCUT2D eigenvalue weighted by Gasteiger charge is 2.27. The van der Waals surface area contributed by atoms with E-state index in [0.717, 1.165) is 16.8 Å². The Labute approximate surface area is 236 Å². The first kappa shape index (κ1) is 28.0. The summed E-state index contributed by atoms with van der Waals surface area (Å²) in [5.41, 5.74) is 8.29. The van der Waals surface area contributed by atoms with Gasteiger partial charge in [0.1, 0.15) is 28.4 Å². The number of aromatic nitrogens is 3. The Morgan fingerprint density at radius 3 is 2.80 bits per heavy atom. The van der Waals surface area contributed by atoms with Crippen molar-refractivity contribution in [1.82, 2.24) is 19.8 Å². The van der Waals surface area contributed by atoms with Crippen LogP contribution >= 0.6 is 0 Å². The third-order valence-corrected chi connectivity index (χ3v) is 7.79. The molecule has 3 N–H and O–H groups in total. The molecule has 0 saturated heterocycles. The van der Waals surface area contributed by atoms with Crippen molar-refractivity contribution in [3.8, 4) is 23.8 Å². The lowest BCUT2D eigenvalue weighted by Gasteiger charge is -2.13. The molecule has 0 saturated carbocycles. The number of fused-ring (bicyclic) bond motifs is 2. The third-order valence-electron chi connectivity index (χ3n) is 6.41. The van der Waals surface area contributed by atoms with Crippen LogP contribution in [0.15, 0.2) is 52.0 Å². The summed E-state index contributed by atoms with van der Waals surface area (Å²) >= 11 is 0. The predicted octanol–water partition coefficient (Wildman–Crippen LogP) is 1.71. The number of amides is 1. The molecule has 214 valence electrons. The van der Waals surface area contributed by atoms with Crippen LogP contribution in [-0.4, -0.2) is 67.6 Å². The van der Waals surface area contributed by atoms with Crippen molar-refractivity contribution < 1.29 is 31.9 Å². The van der Waals surface area contributed by atoms with E-state index in [9.17, 15) is 13.2 Å². The minimum Gasteiger partial charge on any atom is -0.496 e. The van der Waals surface area contributed by atoms with Gasteiger partial charge >= 0.3 is 0 Å². The van der Waals surface area contributed by atoms with Gasteiger partial charge in [-0.2, -0.15) is 5.10 Å². The second-order valence-corrected chi connectivity index (χ2v) is 10.7. The monoisotopic (exact) mass is 580 g/mol. The number of anilines is 1. The summed E-state index contributed by atoms with van der Waals surface area (Å²) in [6.45, 7) is 2.28. The van der Waals surface area contributed by atoms with Gasteiger partial charge in [-0.25, -0.2) is 8.42 Å². The Balaban J connectivity index is 1.37. The molecular formula is C27H28N6O7S. The first-order valence-corrected chi connectivity index (χ1v) is 14.1. The van der Waals surface area contributed by atoms with Crippen molar-refractivity contribution in [2.45, 2.75) is 24.5 Å². The summed E-state index contributed by atoms with van der Waals surface area (Å²) in [6, 6.07) is 9.73. The Morgan fingerprint density at radius 1 is 1.20 bits per heavy atom. The van der Waals surface area contributed by atoms with Crippen molar-refractivity contribution in [3.63, 3.8) is 0 Å². The van der Waals surface area contributed by atoms with Crippen LogP contribution in [0.25, 0.3) is 11.0 Å². The van der Waals surface area contributed by atoms with Crippen LogP contribution in [0.1, 0.15) is 16.8 Å². The minimum absolute atomic E-state index is 0.0344. The van der Waals surface area contributed by atoms with Crippen molar-refractivity contribution in [2.24, 2.45) is 5.73 Å². The molecule has 4 aromatic rings. The van der Waals surface area contributed by atoms with E-state index < -0.39 is 10.0 Å². The molecule has 41 heavy (non-hydrogen) atoms. The maximum atomic E-state index is 13.4. The lowest BCUT2D eigenvalue weighted by Crippen LogP contribution is -2.24. The number of nitrogens with zero attached hydrogens (tertiary/aromatic N) is 4. The summed E-state index contributed by atoms with van der Waals surface area (Å²) < 4.78 is 53.0. The van der Waals surface area contributed by atoms with Gasteiger partial charge in [-0.3, -0.25) is 14.2 Å². The zero-order valence-electron chi connectivity index (χ0n) is 22.2. The fourth-order valence-corrected chi connectivity index (χ4v) is 5.69. The molecular weight excluding hydrogens is 552 g/mol. The number of benzene rings is 2. The maximum absolute atomic E-state index is 13.4. The molecule has 1 aliphatic rings. The number of hydrogen-bond donors (Lipinski definition) is 2. The zero-order chi connectivity index (χ0) is 29.0. The highest BCUT2D eigenvalue weighted by atomic mass is 32.2. The lowest BCUT2D eigenvalue weighted by molar-refractivity contribution is -0.125. The Bertz CT molecular complexity index is 1720. The lowest BCUT2D eigenvalue weighted by atomic mass is 10.1. The molecule has 1 amide bonds. The maximum Gasteiger partial charge on any atom is 0.298 e. The first-order chi connectivity index (χ1) is 19.8. The van der Waals surface area contributed by atoms with Crippen LogP contribution < -0.4 is 19.9 Å². The summed E-state index contributed by atoms with van der Waals surface area (Å²) in [5.74, 6) is 2.24. The largest absolute Gasteiger partial charge is 0.496 e. The predicted molar refractivity (Wildman–Crippen MR) is 148 cm³/mol. The molecule has 1 aliphatic heterocycles. The van der Waals surface area contributed by atoms with E-state index in [1.165, 1.54) is 13.2 Å². The smallest absolute Gasteiger partial charge is 0.298 e. The van der Waals surface area contributed by atoms with Crippen LogP contribution in [0.4, 0.5) is 5.82 Å². The van der Waals surface area contributed by atoms with Crippen molar-refractivity contribution in [3.05, 3.63) is 59.4 Å². The third kappa shape index (κ3) is 5.82. The van der Waals surface area contributed by atoms with Crippen molar-refractivity contribution in [1.29, 1.82) is 0 Å². The van der Waals surface area contributed by atoms with Gasteiger partial charge in [0.25, 0.3) is 15.9 Å². The van der Waals surface area contributed by atoms with Crippen LogP contribution in [0, 0.1) is 12.3 Å². The molecule has 0 aliphatic carbocycles. The Hall–Kier alpha value is -4.58. The number of terminal acetylenes is 1. The van der Waals surface area contributed by atoms with Crippen LogP contribution in [0.2, 0.25) is 0 Å². The number of methoxy groups -OCH3 is 1. The van der Waals surface area contributed by atoms with Gasteiger partial charge in [0.2, 0.25) is 0 Å². The van der Waals surface area contributed by atoms with Crippen LogP contribution in [0.3, 0.4) is 0 Å². The second-order valence-electron chi connectivity index (χ2n) is 9.08. The normalized spacial score (nSPS) is 12.8. The molecule has 0 bridgehead atoms. The number of carbonyl (C=O) groups is 1. The molecule has 0 atom stereocenters. The molecule has 14 heteroatoms. The number of rotatable bonds is 12. The first-order valence-electron chi connectivity index (χ1n) is 12.6. The highest BCUT2D eigenvalue weighted by Crippen LogP contribution is 2.36. The number of ether oxygens (including phenoxy) is 3. The van der Waals surface area contributed by atoms with Crippen LogP contribution in [0.5, 0.6) is 11.5 Å². The van der Waals surface area contributed by atoms with Gasteiger partial charge < -0.3 is 29.4 Å². The summed E-state index contributed by atoms with van der Waals surface area (Å²) in [5, 5.41) is 8.77. The summed E-state index contributed by atoms with van der Waals surface area (Å²) in [6.07, 6.45) is 6.98.